The lowest BCUT2D eigenvalue weighted by Crippen LogP contribution is -2.40. The van der Waals surface area contributed by atoms with Crippen LogP contribution in [-0.4, -0.2) is 42.0 Å². The lowest BCUT2D eigenvalue weighted by atomic mass is 9.96. The molecule has 2 heterocycles. The molecule has 1 saturated heterocycles. The topological polar surface area (TPSA) is 45.2 Å². The summed E-state index contributed by atoms with van der Waals surface area (Å²) in [5, 5.41) is 3.29. The van der Waals surface area contributed by atoms with E-state index >= 15 is 0 Å². The monoisotopic (exact) mass is 315 g/mol. The summed E-state index contributed by atoms with van der Waals surface area (Å²) < 4.78 is 37.4. The van der Waals surface area contributed by atoms with E-state index in [1.54, 1.807) is 4.90 Å². The normalized spacial score (nSPS) is 16.8. The molecule has 0 unspecified atom stereocenters. The zero-order chi connectivity index (χ0) is 16.2. The van der Waals surface area contributed by atoms with Crippen LogP contribution >= 0.6 is 0 Å². The van der Waals surface area contributed by atoms with Gasteiger partial charge in [-0.2, -0.15) is 13.2 Å². The van der Waals surface area contributed by atoms with E-state index in [0.29, 0.717) is 19.0 Å². The van der Waals surface area contributed by atoms with Crippen LogP contribution in [0.3, 0.4) is 0 Å². The third-order valence-corrected chi connectivity index (χ3v) is 3.89. The second-order valence-electron chi connectivity index (χ2n) is 5.47. The number of rotatable bonds is 4. The van der Waals surface area contributed by atoms with Crippen LogP contribution < -0.4 is 5.32 Å². The molecule has 1 N–H and O–H groups in total. The van der Waals surface area contributed by atoms with E-state index < -0.39 is 11.9 Å². The second-order valence-corrected chi connectivity index (χ2v) is 5.47. The van der Waals surface area contributed by atoms with Gasteiger partial charge in [-0.15, -0.1) is 0 Å². The minimum Gasteiger partial charge on any atom is -0.339 e. The molecule has 0 aromatic carbocycles. The Labute approximate surface area is 127 Å². The van der Waals surface area contributed by atoms with E-state index in [-0.39, 0.29) is 11.5 Å². The maximum absolute atomic E-state index is 12.5. The quantitative estimate of drug-likeness (QED) is 0.929. The predicted octanol–water partition coefficient (Wildman–Crippen LogP) is 2.56. The summed E-state index contributed by atoms with van der Waals surface area (Å²) in [6.07, 6.45) is -1.65. The Balaban J connectivity index is 1.92. The van der Waals surface area contributed by atoms with E-state index in [1.165, 1.54) is 6.07 Å². The predicted molar refractivity (Wildman–Crippen MR) is 76.4 cm³/mol. The first-order valence-electron chi connectivity index (χ1n) is 7.45. The molecule has 0 bridgehead atoms. The lowest BCUT2D eigenvalue weighted by Gasteiger charge is -2.32. The second kappa shape index (κ2) is 7.09. The first kappa shape index (κ1) is 16.7. The Kier molecular flexibility index (Phi) is 5.39. The van der Waals surface area contributed by atoms with Crippen molar-refractivity contribution >= 4 is 5.91 Å². The number of hydrogen-bond donors (Lipinski definition) is 1. The summed E-state index contributed by atoms with van der Waals surface area (Å²) in [6, 6.07) is 2.05. The molecular formula is C15H20F3N3O. The number of carbonyl (C=O) groups is 1. The van der Waals surface area contributed by atoms with Gasteiger partial charge in [0.2, 0.25) is 0 Å². The first-order chi connectivity index (χ1) is 10.4. The number of carbonyl (C=O) groups excluding carboxylic acids is 1. The maximum Gasteiger partial charge on any atom is 0.433 e. The molecule has 0 saturated carbocycles. The highest BCUT2D eigenvalue weighted by molar-refractivity contribution is 5.94. The highest BCUT2D eigenvalue weighted by atomic mass is 19.4. The molecule has 0 aliphatic carbocycles. The fourth-order valence-electron chi connectivity index (χ4n) is 2.56. The molecule has 22 heavy (non-hydrogen) atoms. The van der Waals surface area contributed by atoms with Crippen molar-refractivity contribution in [3.8, 4) is 0 Å². The Morgan fingerprint density at radius 3 is 2.55 bits per heavy atom. The fourth-order valence-corrected chi connectivity index (χ4v) is 2.56. The molecule has 1 fully saturated rings. The molecule has 1 aromatic heterocycles. The van der Waals surface area contributed by atoms with Gasteiger partial charge in [-0.3, -0.25) is 9.78 Å². The summed E-state index contributed by atoms with van der Waals surface area (Å²) in [5.74, 6) is 0.304. The highest BCUT2D eigenvalue weighted by Crippen LogP contribution is 2.27. The van der Waals surface area contributed by atoms with E-state index in [1.807, 2.05) is 0 Å². The number of pyridine rings is 1. The number of nitrogens with one attached hydrogen (secondary N) is 1. The van der Waals surface area contributed by atoms with Crippen molar-refractivity contribution in [2.45, 2.75) is 25.9 Å². The van der Waals surface area contributed by atoms with Crippen molar-refractivity contribution in [2.75, 3.05) is 26.2 Å². The molecule has 0 atom stereocenters. The molecule has 1 aliphatic heterocycles. The number of piperidine rings is 1. The van der Waals surface area contributed by atoms with E-state index in [9.17, 15) is 18.0 Å². The van der Waals surface area contributed by atoms with Crippen LogP contribution in [-0.2, 0) is 6.18 Å². The lowest BCUT2D eigenvalue weighted by molar-refractivity contribution is -0.141. The SMILES string of the molecule is CCNCC1CCN(C(=O)c2ccc(C(F)(F)F)nc2)CC1. The van der Waals surface area contributed by atoms with Crippen LogP contribution in [0.15, 0.2) is 18.3 Å². The van der Waals surface area contributed by atoms with Gasteiger partial charge in [-0.1, -0.05) is 6.92 Å². The van der Waals surface area contributed by atoms with Gasteiger partial charge in [0, 0.05) is 19.3 Å². The molecule has 1 aliphatic rings. The molecule has 1 aromatic rings. The molecule has 122 valence electrons. The molecule has 0 radical (unpaired) electrons. The first-order valence-corrected chi connectivity index (χ1v) is 7.45. The van der Waals surface area contributed by atoms with Gasteiger partial charge in [-0.25, -0.2) is 0 Å². The van der Waals surface area contributed by atoms with Crippen LogP contribution in [0.5, 0.6) is 0 Å². The van der Waals surface area contributed by atoms with Crippen LogP contribution in [0, 0.1) is 5.92 Å². The van der Waals surface area contributed by atoms with Gasteiger partial charge in [-0.05, 0) is 44.0 Å². The van der Waals surface area contributed by atoms with Crippen molar-refractivity contribution in [1.29, 1.82) is 0 Å². The third kappa shape index (κ3) is 4.19. The number of halogens is 3. The van der Waals surface area contributed by atoms with E-state index in [4.69, 9.17) is 0 Å². The zero-order valence-electron chi connectivity index (χ0n) is 12.5. The molecule has 7 heteroatoms. The average molecular weight is 315 g/mol. The van der Waals surface area contributed by atoms with Gasteiger partial charge in [0.15, 0.2) is 0 Å². The van der Waals surface area contributed by atoms with Crippen LogP contribution in [0.25, 0.3) is 0 Å². The summed E-state index contributed by atoms with van der Waals surface area (Å²) in [7, 11) is 0. The highest BCUT2D eigenvalue weighted by Gasteiger charge is 2.32. The maximum atomic E-state index is 12.5. The van der Waals surface area contributed by atoms with E-state index in [0.717, 1.165) is 38.2 Å². The van der Waals surface area contributed by atoms with Crippen molar-refractivity contribution in [3.63, 3.8) is 0 Å². The van der Waals surface area contributed by atoms with Crippen LogP contribution in [0.1, 0.15) is 35.8 Å². The minimum absolute atomic E-state index is 0.207. The largest absolute Gasteiger partial charge is 0.433 e. The molecular weight excluding hydrogens is 295 g/mol. The molecule has 4 nitrogen and oxygen atoms in total. The van der Waals surface area contributed by atoms with Crippen molar-refractivity contribution < 1.29 is 18.0 Å². The number of amides is 1. The number of alkyl halides is 3. The van der Waals surface area contributed by atoms with Gasteiger partial charge in [0.25, 0.3) is 5.91 Å². The van der Waals surface area contributed by atoms with Crippen molar-refractivity contribution in [2.24, 2.45) is 5.92 Å². The minimum atomic E-state index is -4.48. The van der Waals surface area contributed by atoms with Gasteiger partial charge < -0.3 is 10.2 Å². The van der Waals surface area contributed by atoms with Crippen molar-refractivity contribution in [3.05, 3.63) is 29.6 Å². The van der Waals surface area contributed by atoms with Crippen molar-refractivity contribution in [1.82, 2.24) is 15.2 Å². The number of hydrogen-bond acceptors (Lipinski definition) is 3. The smallest absolute Gasteiger partial charge is 0.339 e. The molecule has 0 spiro atoms. The zero-order valence-corrected chi connectivity index (χ0v) is 12.5. The Morgan fingerprint density at radius 1 is 1.36 bits per heavy atom. The van der Waals surface area contributed by atoms with Gasteiger partial charge >= 0.3 is 6.18 Å². The number of nitrogens with zero attached hydrogens (tertiary/aromatic N) is 2. The Bertz CT molecular complexity index is 494. The molecule has 2 rings (SSSR count). The third-order valence-electron chi connectivity index (χ3n) is 3.89. The fraction of sp³-hybridized carbons (Fsp3) is 0.600. The number of aromatic nitrogens is 1. The summed E-state index contributed by atoms with van der Waals surface area (Å²) >= 11 is 0. The summed E-state index contributed by atoms with van der Waals surface area (Å²) in [5.41, 5.74) is -0.772. The van der Waals surface area contributed by atoms with Crippen LogP contribution in [0.4, 0.5) is 13.2 Å². The average Bonchev–Trinajstić information content (AvgIpc) is 2.52. The van der Waals surface area contributed by atoms with Gasteiger partial charge in [0.1, 0.15) is 5.69 Å². The molecule has 1 amide bonds. The summed E-state index contributed by atoms with van der Waals surface area (Å²) in [6.45, 7) is 5.19. The summed E-state index contributed by atoms with van der Waals surface area (Å²) in [4.78, 5) is 17.3. The Hall–Kier alpha value is -1.63. The number of likely N-dealkylation sites (tertiary alicyclic amines) is 1. The van der Waals surface area contributed by atoms with E-state index in [2.05, 4.69) is 17.2 Å². The van der Waals surface area contributed by atoms with Gasteiger partial charge in [0.05, 0.1) is 5.56 Å². The van der Waals surface area contributed by atoms with Crippen LogP contribution in [0.2, 0.25) is 0 Å². The standard InChI is InChI=1S/C15H20F3N3O/c1-2-19-9-11-5-7-21(8-6-11)14(22)12-3-4-13(20-10-12)15(16,17)18/h3-4,10-11,19H,2,5-9H2,1H3. The Morgan fingerprint density at radius 2 is 2.05 bits per heavy atom.